The van der Waals surface area contributed by atoms with E-state index in [0.717, 1.165) is 22.1 Å². The fraction of sp³-hybridized carbons (Fsp3) is 0.0625. The predicted molar refractivity (Wildman–Crippen MR) is 81.2 cm³/mol. The van der Waals surface area contributed by atoms with Crippen LogP contribution in [0.4, 0.5) is 0 Å². The predicted octanol–water partition coefficient (Wildman–Crippen LogP) is 3.69. The van der Waals surface area contributed by atoms with Gasteiger partial charge < -0.3 is 9.97 Å². The number of para-hydroxylation sites is 1. The van der Waals surface area contributed by atoms with Gasteiger partial charge in [-0.15, -0.1) is 0 Å². The van der Waals surface area contributed by atoms with Crippen LogP contribution in [0, 0.1) is 0 Å². The first-order valence-corrected chi connectivity index (χ1v) is 6.18. The van der Waals surface area contributed by atoms with Crippen LogP contribution in [-0.2, 0) is 0 Å². The lowest BCUT2D eigenvalue weighted by Crippen LogP contribution is -2.09. The third-order valence-corrected chi connectivity index (χ3v) is 3.27. The largest absolute Gasteiger partial charge is 0.353 e. The number of pyridine rings is 1. The highest BCUT2D eigenvalue weighted by Crippen LogP contribution is 2.23. The van der Waals surface area contributed by atoms with Crippen molar-refractivity contribution in [3.63, 3.8) is 0 Å². The van der Waals surface area contributed by atoms with Crippen LogP contribution in [0.2, 0.25) is 0 Å². The van der Waals surface area contributed by atoms with Crippen LogP contribution >= 0.6 is 0 Å². The lowest BCUT2D eigenvalue weighted by molar-refractivity contribution is 1.33. The highest BCUT2D eigenvalue weighted by atomic mass is 16.1. The molecule has 19 heavy (non-hydrogen) atoms. The van der Waals surface area contributed by atoms with Crippen molar-refractivity contribution in [1.29, 1.82) is 0 Å². The molecule has 2 aromatic heterocycles. The number of rotatable bonds is 2. The van der Waals surface area contributed by atoms with Crippen LogP contribution in [0.5, 0.6) is 0 Å². The summed E-state index contributed by atoms with van der Waals surface area (Å²) >= 11 is 0. The van der Waals surface area contributed by atoms with Gasteiger partial charge in [0.25, 0.3) is 0 Å². The summed E-state index contributed by atoms with van der Waals surface area (Å²) < 4.78 is 0. The van der Waals surface area contributed by atoms with E-state index in [0.29, 0.717) is 11.1 Å². The molecule has 3 heteroatoms. The van der Waals surface area contributed by atoms with Gasteiger partial charge in [-0.25, -0.2) is 0 Å². The fourth-order valence-electron chi connectivity index (χ4n) is 2.39. The number of fused-ring (bicyclic) bond motifs is 3. The first kappa shape index (κ1) is 11.5. The Bertz CT molecular complexity index is 865. The van der Waals surface area contributed by atoms with Gasteiger partial charge in [-0.2, -0.15) is 0 Å². The molecular formula is C16H14N2O. The highest BCUT2D eigenvalue weighted by Gasteiger charge is 2.12. The number of hydrogen-bond acceptors (Lipinski definition) is 1. The van der Waals surface area contributed by atoms with E-state index in [4.69, 9.17) is 0 Å². The maximum absolute atomic E-state index is 12.5. The molecule has 0 aliphatic carbocycles. The van der Waals surface area contributed by atoms with Gasteiger partial charge in [0, 0.05) is 22.2 Å². The normalized spacial score (nSPS) is 11.6. The maximum atomic E-state index is 12.5. The number of H-pyrrole nitrogens is 2. The average Bonchev–Trinajstić information content (AvgIpc) is 2.81. The Hall–Kier alpha value is -2.55. The van der Waals surface area contributed by atoms with Gasteiger partial charge in [0.2, 0.25) is 5.43 Å². The quantitative estimate of drug-likeness (QED) is 0.716. The number of hydrogen-bond donors (Lipinski definition) is 2. The summed E-state index contributed by atoms with van der Waals surface area (Å²) in [6, 6.07) is 7.86. The third kappa shape index (κ3) is 1.63. The Morgan fingerprint density at radius 1 is 1.16 bits per heavy atom. The lowest BCUT2D eigenvalue weighted by atomic mass is 10.1. The summed E-state index contributed by atoms with van der Waals surface area (Å²) in [5.74, 6) is 0. The van der Waals surface area contributed by atoms with Gasteiger partial charge in [0.15, 0.2) is 0 Å². The van der Waals surface area contributed by atoms with E-state index in [2.05, 4.69) is 16.5 Å². The van der Waals surface area contributed by atoms with Gasteiger partial charge in [0.1, 0.15) is 5.52 Å². The second-order valence-electron chi connectivity index (χ2n) is 4.41. The molecule has 3 rings (SSSR count). The molecule has 3 nitrogen and oxygen atoms in total. The van der Waals surface area contributed by atoms with E-state index in [-0.39, 0.29) is 5.43 Å². The summed E-state index contributed by atoms with van der Waals surface area (Å²) in [5.41, 5.74) is 3.79. The summed E-state index contributed by atoms with van der Waals surface area (Å²) in [6.45, 7) is 5.66. The van der Waals surface area contributed by atoms with Crippen molar-refractivity contribution in [3.8, 4) is 0 Å². The topological polar surface area (TPSA) is 48.6 Å². The van der Waals surface area contributed by atoms with Crippen LogP contribution in [0.3, 0.4) is 0 Å². The van der Waals surface area contributed by atoms with E-state index in [1.807, 2.05) is 37.3 Å². The molecule has 2 N–H and O–H groups in total. The minimum absolute atomic E-state index is 0.00190. The van der Waals surface area contributed by atoms with E-state index >= 15 is 0 Å². The molecule has 0 unspecified atom stereocenters. The van der Waals surface area contributed by atoms with Crippen molar-refractivity contribution in [2.75, 3.05) is 0 Å². The molecule has 0 radical (unpaired) electrons. The summed E-state index contributed by atoms with van der Waals surface area (Å²) in [7, 11) is 0. The number of nitrogens with one attached hydrogen (secondary N) is 2. The zero-order valence-corrected chi connectivity index (χ0v) is 10.7. The molecule has 0 saturated carbocycles. The molecule has 0 bridgehead atoms. The standard InChI is InChI=1S/C16H14N2O/c1-3-7-11-12(4-2)17-14-10-8-5-6-9-13(10)18-15(14)16(11)19/h3-9,18H,2H2,1H3,(H,17,19)/b7-3-. The molecule has 2 heterocycles. The first-order chi connectivity index (χ1) is 9.26. The second-order valence-corrected chi connectivity index (χ2v) is 4.41. The average molecular weight is 250 g/mol. The second kappa shape index (κ2) is 4.28. The Morgan fingerprint density at radius 3 is 2.68 bits per heavy atom. The van der Waals surface area contributed by atoms with Crippen LogP contribution in [0.25, 0.3) is 34.1 Å². The number of benzene rings is 1. The van der Waals surface area contributed by atoms with Crippen molar-refractivity contribution in [2.45, 2.75) is 6.92 Å². The molecule has 1 aromatic carbocycles. The van der Waals surface area contributed by atoms with Crippen molar-refractivity contribution < 1.29 is 0 Å². The third-order valence-electron chi connectivity index (χ3n) is 3.27. The molecule has 0 fully saturated rings. The number of aromatic amines is 2. The lowest BCUT2D eigenvalue weighted by Gasteiger charge is -2.02. The summed E-state index contributed by atoms with van der Waals surface area (Å²) in [6.07, 6.45) is 5.34. The van der Waals surface area contributed by atoms with Crippen molar-refractivity contribution >= 4 is 34.1 Å². The molecular weight excluding hydrogens is 236 g/mol. The summed E-state index contributed by atoms with van der Waals surface area (Å²) in [5, 5.41) is 1.02. The molecule has 0 amide bonds. The van der Waals surface area contributed by atoms with Gasteiger partial charge in [-0.1, -0.05) is 36.9 Å². The molecule has 0 atom stereocenters. The van der Waals surface area contributed by atoms with Gasteiger partial charge >= 0.3 is 0 Å². The molecule has 3 aromatic rings. The Labute approximate surface area is 110 Å². The van der Waals surface area contributed by atoms with E-state index in [1.165, 1.54) is 0 Å². The van der Waals surface area contributed by atoms with Gasteiger partial charge in [-0.05, 0) is 19.1 Å². The van der Waals surface area contributed by atoms with Crippen molar-refractivity contribution in [1.82, 2.24) is 9.97 Å². The molecule has 0 saturated heterocycles. The SMILES string of the molecule is C=Cc1[nH]c2c([nH]c3ccccc32)c(=O)c1/C=C\C. The zero-order valence-electron chi connectivity index (χ0n) is 10.7. The number of aromatic nitrogens is 2. The molecule has 0 aliphatic rings. The van der Waals surface area contributed by atoms with Crippen LogP contribution in [-0.4, -0.2) is 9.97 Å². The van der Waals surface area contributed by atoms with E-state index < -0.39 is 0 Å². The Kier molecular flexibility index (Phi) is 2.60. The Morgan fingerprint density at radius 2 is 1.95 bits per heavy atom. The van der Waals surface area contributed by atoms with Crippen LogP contribution < -0.4 is 5.43 Å². The molecule has 0 spiro atoms. The van der Waals surface area contributed by atoms with Gasteiger partial charge in [-0.3, -0.25) is 4.79 Å². The minimum atomic E-state index is -0.00190. The minimum Gasteiger partial charge on any atom is -0.353 e. The highest BCUT2D eigenvalue weighted by molar-refractivity contribution is 6.05. The van der Waals surface area contributed by atoms with E-state index in [9.17, 15) is 4.79 Å². The Balaban J connectivity index is 2.55. The van der Waals surface area contributed by atoms with Crippen molar-refractivity contribution in [3.05, 3.63) is 58.4 Å². The number of allylic oxidation sites excluding steroid dienone is 1. The first-order valence-electron chi connectivity index (χ1n) is 6.18. The zero-order chi connectivity index (χ0) is 13.4. The summed E-state index contributed by atoms with van der Waals surface area (Å²) in [4.78, 5) is 19.0. The maximum Gasteiger partial charge on any atom is 0.213 e. The molecule has 94 valence electrons. The van der Waals surface area contributed by atoms with E-state index in [1.54, 1.807) is 12.2 Å². The van der Waals surface area contributed by atoms with Crippen LogP contribution in [0.1, 0.15) is 18.2 Å². The monoisotopic (exact) mass is 250 g/mol. The molecule has 0 aliphatic heterocycles. The smallest absolute Gasteiger partial charge is 0.213 e. The van der Waals surface area contributed by atoms with Crippen molar-refractivity contribution in [2.24, 2.45) is 0 Å². The van der Waals surface area contributed by atoms with Gasteiger partial charge in [0.05, 0.1) is 5.52 Å². The van der Waals surface area contributed by atoms with Crippen LogP contribution in [0.15, 0.2) is 41.7 Å². The fourth-order valence-corrected chi connectivity index (χ4v) is 2.39.